The molecule has 0 aliphatic carbocycles. The molecule has 1 aromatic heterocycles. The minimum absolute atomic E-state index is 0.357. The van der Waals surface area contributed by atoms with E-state index in [1.807, 2.05) is 0 Å². The highest BCUT2D eigenvalue weighted by Gasteiger charge is 2.34. The Morgan fingerprint density at radius 2 is 2.05 bits per heavy atom. The van der Waals surface area contributed by atoms with Crippen molar-refractivity contribution in [3.63, 3.8) is 0 Å². The SMILES string of the molecule is O/N=C1/CCN2CCc3c([nH]c4ccccc34)[C@@H]2C1. The highest BCUT2D eigenvalue weighted by Crippen LogP contribution is 2.38. The maximum atomic E-state index is 9.03. The van der Waals surface area contributed by atoms with Crippen LogP contribution in [0, 0.1) is 0 Å². The number of fused-ring (bicyclic) bond motifs is 5. The summed E-state index contributed by atoms with van der Waals surface area (Å²) in [6.45, 7) is 2.11. The number of rotatable bonds is 0. The number of aromatic amines is 1. The Morgan fingerprint density at radius 3 is 2.95 bits per heavy atom. The fourth-order valence-electron chi connectivity index (χ4n) is 3.56. The van der Waals surface area contributed by atoms with E-state index in [-0.39, 0.29) is 0 Å². The number of oxime groups is 1. The van der Waals surface area contributed by atoms with E-state index < -0.39 is 0 Å². The van der Waals surface area contributed by atoms with Gasteiger partial charge in [0.25, 0.3) is 0 Å². The average molecular weight is 255 g/mol. The zero-order valence-corrected chi connectivity index (χ0v) is 10.8. The average Bonchev–Trinajstić information content (AvgIpc) is 2.85. The lowest BCUT2D eigenvalue weighted by Gasteiger charge is -2.39. The van der Waals surface area contributed by atoms with Gasteiger partial charge in [-0.05, 0) is 18.1 Å². The number of hydrogen-bond donors (Lipinski definition) is 2. The number of H-pyrrole nitrogens is 1. The van der Waals surface area contributed by atoms with Crippen molar-refractivity contribution in [3.05, 3.63) is 35.5 Å². The first-order chi connectivity index (χ1) is 9.36. The van der Waals surface area contributed by atoms with E-state index in [0.717, 1.165) is 38.1 Å². The van der Waals surface area contributed by atoms with E-state index in [4.69, 9.17) is 5.21 Å². The maximum Gasteiger partial charge on any atom is 0.0603 e. The van der Waals surface area contributed by atoms with Gasteiger partial charge in [-0.15, -0.1) is 0 Å². The van der Waals surface area contributed by atoms with Crippen molar-refractivity contribution in [1.82, 2.24) is 9.88 Å². The summed E-state index contributed by atoms with van der Waals surface area (Å²) in [6, 6.07) is 8.87. The summed E-state index contributed by atoms with van der Waals surface area (Å²) in [6.07, 6.45) is 2.85. The Kier molecular flexibility index (Phi) is 2.38. The van der Waals surface area contributed by atoms with E-state index in [0.29, 0.717) is 6.04 Å². The van der Waals surface area contributed by atoms with Gasteiger partial charge in [-0.1, -0.05) is 23.4 Å². The van der Waals surface area contributed by atoms with Crippen LogP contribution < -0.4 is 0 Å². The highest BCUT2D eigenvalue weighted by atomic mass is 16.4. The van der Waals surface area contributed by atoms with Gasteiger partial charge in [0.2, 0.25) is 0 Å². The molecule has 0 bridgehead atoms. The number of aromatic nitrogens is 1. The summed E-state index contributed by atoms with van der Waals surface area (Å²) >= 11 is 0. The quantitative estimate of drug-likeness (QED) is 0.561. The van der Waals surface area contributed by atoms with Crippen LogP contribution in [0.2, 0.25) is 0 Å². The third kappa shape index (κ3) is 1.60. The summed E-state index contributed by atoms with van der Waals surface area (Å²) in [5, 5.41) is 13.8. The van der Waals surface area contributed by atoms with Gasteiger partial charge >= 0.3 is 0 Å². The molecule has 0 amide bonds. The zero-order chi connectivity index (χ0) is 12.8. The second-order valence-electron chi connectivity index (χ2n) is 5.48. The smallest absolute Gasteiger partial charge is 0.0603 e. The molecule has 1 aromatic carbocycles. The van der Waals surface area contributed by atoms with Gasteiger partial charge in [0.05, 0.1) is 11.8 Å². The fourth-order valence-corrected chi connectivity index (χ4v) is 3.56. The molecule has 2 aromatic rings. The van der Waals surface area contributed by atoms with Crippen LogP contribution in [0.1, 0.15) is 30.1 Å². The molecule has 3 heterocycles. The molecule has 98 valence electrons. The first-order valence-corrected chi connectivity index (χ1v) is 6.90. The van der Waals surface area contributed by atoms with E-state index in [1.54, 1.807) is 0 Å². The molecule has 1 atom stereocenters. The molecular formula is C15H17N3O. The van der Waals surface area contributed by atoms with Crippen LogP contribution in [-0.2, 0) is 6.42 Å². The highest BCUT2D eigenvalue weighted by molar-refractivity contribution is 5.88. The van der Waals surface area contributed by atoms with Gasteiger partial charge in [0.15, 0.2) is 0 Å². The molecule has 2 aliphatic rings. The Balaban J connectivity index is 1.84. The summed E-state index contributed by atoms with van der Waals surface area (Å²) in [4.78, 5) is 6.09. The van der Waals surface area contributed by atoms with E-state index >= 15 is 0 Å². The van der Waals surface area contributed by atoms with E-state index in [1.165, 1.54) is 22.2 Å². The summed E-state index contributed by atoms with van der Waals surface area (Å²) < 4.78 is 0. The van der Waals surface area contributed by atoms with Gasteiger partial charge in [-0.25, -0.2) is 0 Å². The lowest BCUT2D eigenvalue weighted by molar-refractivity contribution is 0.174. The van der Waals surface area contributed by atoms with Crippen molar-refractivity contribution in [2.45, 2.75) is 25.3 Å². The van der Waals surface area contributed by atoms with Gasteiger partial charge in [-0.2, -0.15) is 0 Å². The third-order valence-corrected chi connectivity index (χ3v) is 4.53. The van der Waals surface area contributed by atoms with Crippen molar-refractivity contribution in [1.29, 1.82) is 0 Å². The largest absolute Gasteiger partial charge is 0.411 e. The maximum absolute atomic E-state index is 9.03. The van der Waals surface area contributed by atoms with Gasteiger partial charge in [0.1, 0.15) is 0 Å². The zero-order valence-electron chi connectivity index (χ0n) is 10.8. The summed E-state index contributed by atoms with van der Waals surface area (Å²) in [5.74, 6) is 0. The minimum Gasteiger partial charge on any atom is -0.411 e. The molecule has 1 fully saturated rings. The number of para-hydroxylation sites is 1. The van der Waals surface area contributed by atoms with Crippen molar-refractivity contribution >= 4 is 16.6 Å². The van der Waals surface area contributed by atoms with Crippen molar-refractivity contribution in [2.24, 2.45) is 5.16 Å². The standard InChI is InChI=1S/C15H17N3O/c19-17-10-5-7-18-8-6-12-11-3-1-2-4-13(11)16-15(12)14(18)9-10/h1-4,14,16,19H,5-9H2/b17-10-/t14-/m0/s1. The molecule has 0 saturated carbocycles. The minimum atomic E-state index is 0.357. The molecule has 4 rings (SSSR count). The van der Waals surface area contributed by atoms with Crippen LogP contribution in [0.15, 0.2) is 29.4 Å². The molecule has 4 heteroatoms. The monoisotopic (exact) mass is 255 g/mol. The molecule has 0 unspecified atom stereocenters. The van der Waals surface area contributed by atoms with Crippen LogP contribution in [0.4, 0.5) is 0 Å². The van der Waals surface area contributed by atoms with E-state index in [2.05, 4.69) is 39.3 Å². The molecule has 1 saturated heterocycles. The van der Waals surface area contributed by atoms with Crippen LogP contribution in [0.3, 0.4) is 0 Å². The van der Waals surface area contributed by atoms with Crippen LogP contribution in [0.25, 0.3) is 10.9 Å². The predicted molar refractivity (Wildman–Crippen MR) is 74.8 cm³/mol. The molecule has 0 spiro atoms. The van der Waals surface area contributed by atoms with Gasteiger partial charge < -0.3 is 10.2 Å². The normalized spacial score (nSPS) is 25.5. The van der Waals surface area contributed by atoms with E-state index in [9.17, 15) is 0 Å². The fraction of sp³-hybridized carbons (Fsp3) is 0.400. The first-order valence-electron chi connectivity index (χ1n) is 6.90. The molecule has 2 N–H and O–H groups in total. The Bertz CT molecular complexity index is 658. The number of nitrogens with one attached hydrogen (secondary N) is 1. The lowest BCUT2D eigenvalue weighted by Crippen LogP contribution is -2.41. The number of hydrogen-bond acceptors (Lipinski definition) is 3. The number of benzene rings is 1. The van der Waals surface area contributed by atoms with Crippen molar-refractivity contribution in [2.75, 3.05) is 13.1 Å². The summed E-state index contributed by atoms with van der Waals surface area (Å²) in [5.41, 5.74) is 4.93. The second kappa shape index (κ2) is 4.10. The summed E-state index contributed by atoms with van der Waals surface area (Å²) in [7, 11) is 0. The van der Waals surface area contributed by atoms with Crippen LogP contribution in [-0.4, -0.2) is 33.9 Å². The molecule has 0 radical (unpaired) electrons. The molecular weight excluding hydrogens is 238 g/mol. The third-order valence-electron chi connectivity index (χ3n) is 4.53. The number of nitrogens with zero attached hydrogens (tertiary/aromatic N) is 2. The molecule has 4 nitrogen and oxygen atoms in total. The van der Waals surface area contributed by atoms with Crippen molar-refractivity contribution < 1.29 is 5.21 Å². The predicted octanol–water partition coefficient (Wildman–Crippen LogP) is 2.69. The molecule has 19 heavy (non-hydrogen) atoms. The first kappa shape index (κ1) is 11.1. The van der Waals surface area contributed by atoms with Gasteiger partial charge in [-0.3, -0.25) is 4.90 Å². The lowest BCUT2D eigenvalue weighted by atomic mass is 9.90. The van der Waals surface area contributed by atoms with Gasteiger partial charge in [0, 0.05) is 42.5 Å². The Morgan fingerprint density at radius 1 is 1.21 bits per heavy atom. The Labute approximate surface area is 111 Å². The number of piperidine rings is 1. The van der Waals surface area contributed by atoms with Crippen molar-refractivity contribution in [3.8, 4) is 0 Å². The van der Waals surface area contributed by atoms with Crippen LogP contribution in [0.5, 0.6) is 0 Å². The topological polar surface area (TPSA) is 51.6 Å². The van der Waals surface area contributed by atoms with Crippen LogP contribution >= 0.6 is 0 Å². The second-order valence-corrected chi connectivity index (χ2v) is 5.48. The Hall–Kier alpha value is -1.81. The molecule has 2 aliphatic heterocycles.